The van der Waals surface area contributed by atoms with Gasteiger partial charge in [-0.05, 0) is 23.0 Å². The quantitative estimate of drug-likeness (QED) is 0.191. The average molecular weight is 538 g/mol. The summed E-state index contributed by atoms with van der Waals surface area (Å²) in [6.07, 6.45) is 0. The summed E-state index contributed by atoms with van der Waals surface area (Å²) in [6.45, 7) is 7.06. The highest BCUT2D eigenvalue weighted by atomic mass is 19.4. The monoisotopic (exact) mass is 538 g/mol. The predicted molar refractivity (Wildman–Crippen MR) is 152 cm³/mol. The van der Waals surface area contributed by atoms with Gasteiger partial charge in [-0.15, -0.1) is 0 Å². The number of rotatable bonds is 7. The second kappa shape index (κ2) is 10.9. The molecule has 0 radical (unpaired) electrons. The van der Waals surface area contributed by atoms with E-state index in [4.69, 9.17) is 0 Å². The van der Waals surface area contributed by atoms with Gasteiger partial charge in [-0.25, -0.2) is 0 Å². The third-order valence-corrected chi connectivity index (χ3v) is 6.24. The van der Waals surface area contributed by atoms with Crippen LogP contribution >= 0.6 is 0 Å². The maximum absolute atomic E-state index is 14.2. The molecule has 2 aromatic carbocycles. The smallest absolute Gasteiger partial charge is 0.445 e. The van der Waals surface area contributed by atoms with Gasteiger partial charge in [-0.2, -0.15) is 0 Å². The number of hydrogen-bond donors (Lipinski definition) is 0. The molecule has 2 rings (SSSR count). The molecule has 0 heterocycles. The Hall–Kier alpha value is -2.51. The van der Waals surface area contributed by atoms with Crippen LogP contribution in [0.5, 0.6) is 0 Å². The molecule has 2 aromatic rings. The first-order valence-electron chi connectivity index (χ1n) is 12.9. The van der Waals surface area contributed by atoms with E-state index in [1.54, 1.807) is 81.4 Å². The molecule has 0 N–H and O–H groups in total. The van der Waals surface area contributed by atoms with Crippen molar-refractivity contribution in [3.05, 3.63) is 47.5 Å². The highest BCUT2D eigenvalue weighted by Crippen LogP contribution is 2.36. The zero-order valence-electron chi connectivity index (χ0n) is 23.9. The third kappa shape index (κ3) is 7.32. The van der Waals surface area contributed by atoms with E-state index in [1.165, 1.54) is 12.1 Å². The van der Waals surface area contributed by atoms with Gasteiger partial charge >= 0.3 is 14.0 Å². The Bertz CT molecular complexity index is 1120. The molecule has 0 aliphatic heterocycles. The van der Waals surface area contributed by atoms with E-state index >= 15 is 0 Å². The van der Waals surface area contributed by atoms with E-state index in [1.807, 2.05) is 0 Å². The van der Waals surface area contributed by atoms with E-state index in [2.05, 4.69) is 9.98 Å². The molecule has 210 valence electrons. The second-order valence-corrected chi connectivity index (χ2v) is 12.4. The van der Waals surface area contributed by atoms with Crippen LogP contribution in [0.1, 0.15) is 92.2 Å². The first-order chi connectivity index (χ1) is 17.1. The lowest BCUT2D eigenvalue weighted by atomic mass is 9.74. The van der Waals surface area contributed by atoms with Crippen molar-refractivity contribution >= 4 is 47.7 Å². The molecule has 38 heavy (non-hydrogen) atoms. The number of nitrogens with zero attached hydrogens (tertiary/aromatic N) is 2. The molecular weight excluding hydrogens is 500 g/mol. The first kappa shape index (κ1) is 31.7. The van der Waals surface area contributed by atoms with Crippen LogP contribution in [0.3, 0.4) is 0 Å². The van der Waals surface area contributed by atoms with Crippen LogP contribution in [0.25, 0.3) is 0 Å². The summed E-state index contributed by atoms with van der Waals surface area (Å²) in [7, 11) is 0. The molecule has 0 aliphatic carbocycles. The summed E-state index contributed by atoms with van der Waals surface area (Å²) < 4.78 is 85.1. The molecule has 0 aromatic heterocycles. The minimum absolute atomic E-state index is 0.200. The summed E-state index contributed by atoms with van der Waals surface area (Å²) in [4.78, 5) is 9.30. The maximum atomic E-state index is 14.2. The van der Waals surface area contributed by atoms with Gasteiger partial charge in [0, 0.05) is 22.2 Å². The molecule has 0 bridgehead atoms. The normalized spacial score (nSPS) is 14.6. The van der Waals surface area contributed by atoms with Crippen LogP contribution in [0.15, 0.2) is 46.4 Å². The van der Waals surface area contributed by atoms with Crippen molar-refractivity contribution in [3.8, 4) is 0 Å². The second-order valence-electron chi connectivity index (χ2n) is 12.4. The lowest BCUT2D eigenvalue weighted by Crippen LogP contribution is -2.40. The van der Waals surface area contributed by atoms with Crippen LogP contribution in [-0.2, 0) is 0 Å². The summed E-state index contributed by atoms with van der Waals surface area (Å²) >= 11 is 0. The Morgan fingerprint density at radius 3 is 1.08 bits per heavy atom. The number of aliphatic imine (C=N–C) groups is 2. The molecule has 0 saturated heterocycles. The van der Waals surface area contributed by atoms with Crippen LogP contribution in [0.4, 0.5) is 37.3 Å². The Labute approximate surface area is 223 Å². The number of halogens is 6. The molecule has 10 heteroatoms. The van der Waals surface area contributed by atoms with E-state index in [0.717, 1.165) is 12.1 Å². The summed E-state index contributed by atoms with van der Waals surface area (Å²) in [6, 6.07) is 7.98. The van der Waals surface area contributed by atoms with Gasteiger partial charge in [0.2, 0.25) is 0 Å². The van der Waals surface area contributed by atoms with Crippen LogP contribution in [0, 0.1) is 10.8 Å². The highest BCUT2D eigenvalue weighted by molar-refractivity contribution is 6.75. The molecule has 0 saturated carbocycles. The molecule has 0 fully saturated rings. The van der Waals surface area contributed by atoms with Crippen molar-refractivity contribution in [2.24, 2.45) is 20.8 Å². The Morgan fingerprint density at radius 2 is 0.868 bits per heavy atom. The summed E-state index contributed by atoms with van der Waals surface area (Å²) in [5, 5.41) is 0. The van der Waals surface area contributed by atoms with E-state index in [9.17, 15) is 25.9 Å². The minimum atomic E-state index is -5.39. The topological polar surface area (TPSA) is 24.7 Å². The van der Waals surface area contributed by atoms with Gasteiger partial charge in [0.25, 0.3) is 0 Å². The maximum Gasteiger partial charge on any atom is 0.511 e. The SMILES string of the molecule is CC(C)c1cccc([B-](F)(F)F)c1N=C(C(=Nc1c(C(C)C)cccc1[B-](F)(F)F)C(C)(C)C)C(C)(C)C. The van der Waals surface area contributed by atoms with Crippen molar-refractivity contribution in [3.63, 3.8) is 0 Å². The van der Waals surface area contributed by atoms with E-state index < -0.39 is 35.7 Å². The fraction of sp³-hybridized carbons (Fsp3) is 0.500. The third-order valence-electron chi connectivity index (χ3n) is 6.24. The Morgan fingerprint density at radius 1 is 0.579 bits per heavy atom. The molecular formula is C28H38B2F6N2-2. The minimum Gasteiger partial charge on any atom is -0.445 e. The zero-order chi connectivity index (χ0) is 29.4. The Balaban J connectivity index is 3.13. The molecule has 0 aliphatic rings. The van der Waals surface area contributed by atoms with Gasteiger partial charge < -0.3 is 25.9 Å². The molecule has 0 atom stereocenters. The Kier molecular flexibility index (Phi) is 9.12. The van der Waals surface area contributed by atoms with Crippen LogP contribution in [-0.4, -0.2) is 25.4 Å². The van der Waals surface area contributed by atoms with Crippen molar-refractivity contribution in [2.75, 3.05) is 0 Å². The van der Waals surface area contributed by atoms with Crippen molar-refractivity contribution in [2.45, 2.75) is 81.1 Å². The number of hydrogen-bond acceptors (Lipinski definition) is 2. The molecule has 0 amide bonds. The van der Waals surface area contributed by atoms with Crippen molar-refractivity contribution < 1.29 is 25.9 Å². The summed E-state index contributed by atoms with van der Waals surface area (Å²) in [5.41, 5.74) is -2.44. The van der Waals surface area contributed by atoms with Crippen LogP contribution in [0.2, 0.25) is 0 Å². The van der Waals surface area contributed by atoms with Gasteiger partial charge in [0.1, 0.15) is 0 Å². The fourth-order valence-corrected chi connectivity index (χ4v) is 4.25. The summed E-state index contributed by atoms with van der Waals surface area (Å²) in [5.74, 6) is -0.520. The van der Waals surface area contributed by atoms with Gasteiger partial charge in [-0.3, -0.25) is 9.98 Å². The largest absolute Gasteiger partial charge is 0.511 e. The number of para-hydroxylation sites is 2. The fourth-order valence-electron chi connectivity index (χ4n) is 4.25. The van der Waals surface area contributed by atoms with E-state index in [-0.39, 0.29) is 34.6 Å². The first-order valence-corrected chi connectivity index (χ1v) is 12.9. The molecule has 0 spiro atoms. The van der Waals surface area contributed by atoms with Crippen molar-refractivity contribution in [1.29, 1.82) is 0 Å². The average Bonchev–Trinajstić information content (AvgIpc) is 2.72. The van der Waals surface area contributed by atoms with Gasteiger partial charge in [0.15, 0.2) is 0 Å². The van der Waals surface area contributed by atoms with Gasteiger partial charge in [0.05, 0.1) is 11.4 Å². The predicted octanol–water partition coefficient (Wildman–Crippen LogP) is 8.98. The zero-order valence-corrected chi connectivity index (χ0v) is 23.9. The lowest BCUT2D eigenvalue weighted by Gasteiger charge is -2.33. The van der Waals surface area contributed by atoms with Gasteiger partial charge in [-0.1, -0.05) is 117 Å². The standard InChI is InChI=1S/C28H38B2F6N2/c1-17(2)19-13-11-15-21(29(31,32)33)23(19)37-25(27(5,6)7)26(28(8,9)10)38-24-20(18(3)4)14-12-16-22(24)30(34,35)36/h11-18H,1-10H3/q-2. The van der Waals surface area contributed by atoms with E-state index in [0.29, 0.717) is 11.1 Å². The van der Waals surface area contributed by atoms with Crippen LogP contribution < -0.4 is 10.9 Å². The number of benzene rings is 2. The molecule has 0 unspecified atom stereocenters. The highest BCUT2D eigenvalue weighted by Gasteiger charge is 2.36. The lowest BCUT2D eigenvalue weighted by molar-refractivity contribution is 0.499. The molecule has 2 nitrogen and oxygen atoms in total. The van der Waals surface area contributed by atoms with Crippen molar-refractivity contribution in [1.82, 2.24) is 0 Å².